The van der Waals surface area contributed by atoms with Crippen molar-refractivity contribution in [2.75, 3.05) is 6.54 Å². The van der Waals surface area contributed by atoms with Crippen molar-refractivity contribution in [2.24, 2.45) is 0 Å². The van der Waals surface area contributed by atoms with E-state index in [4.69, 9.17) is 0 Å². The van der Waals surface area contributed by atoms with E-state index in [2.05, 4.69) is 0 Å². The van der Waals surface area contributed by atoms with Crippen molar-refractivity contribution in [1.29, 1.82) is 0 Å². The summed E-state index contributed by atoms with van der Waals surface area (Å²) in [4.78, 5) is 12.9. The second kappa shape index (κ2) is 3.98. The Morgan fingerprint density at radius 1 is 1.53 bits per heavy atom. The molecule has 0 aromatic heterocycles. The van der Waals surface area contributed by atoms with Crippen LogP contribution in [-0.4, -0.2) is 28.6 Å². The maximum atomic E-state index is 12.9. The molecule has 1 aromatic rings. The number of aliphatic hydroxyl groups is 1. The summed E-state index contributed by atoms with van der Waals surface area (Å²) in [7, 11) is 0. The van der Waals surface area contributed by atoms with Crippen molar-refractivity contribution in [1.82, 2.24) is 4.90 Å². The Kier molecular flexibility index (Phi) is 2.68. The zero-order valence-electron chi connectivity index (χ0n) is 8.19. The van der Waals surface area contributed by atoms with Crippen molar-refractivity contribution in [3.05, 3.63) is 35.6 Å². The number of halogens is 1. The second-order valence-corrected chi connectivity index (χ2v) is 3.76. The summed E-state index contributed by atoms with van der Waals surface area (Å²) in [6.45, 7) is 0.711. The standard InChI is InChI=1S/C11H12FNO2/c12-9-3-1-2-8(4-9)6-13-7-10(14)5-11(13)15/h1-4,10,14H,5-7H2. The van der Waals surface area contributed by atoms with Crippen LogP contribution in [0.5, 0.6) is 0 Å². The van der Waals surface area contributed by atoms with Crippen LogP contribution >= 0.6 is 0 Å². The minimum atomic E-state index is -0.578. The lowest BCUT2D eigenvalue weighted by Crippen LogP contribution is -2.25. The van der Waals surface area contributed by atoms with E-state index in [0.717, 1.165) is 5.56 Å². The maximum absolute atomic E-state index is 12.9. The number of rotatable bonds is 2. The summed E-state index contributed by atoms with van der Waals surface area (Å²) < 4.78 is 12.9. The number of carbonyl (C=O) groups excluding carboxylic acids is 1. The normalized spacial score (nSPS) is 21.1. The molecule has 3 nitrogen and oxygen atoms in total. The Hall–Kier alpha value is -1.42. The van der Waals surface area contributed by atoms with Gasteiger partial charge in [-0.15, -0.1) is 0 Å². The molecule has 1 atom stereocenters. The average Bonchev–Trinajstić information content (AvgIpc) is 2.45. The van der Waals surface area contributed by atoms with Crippen molar-refractivity contribution in [2.45, 2.75) is 19.1 Å². The van der Waals surface area contributed by atoms with Crippen LogP contribution in [0.4, 0.5) is 4.39 Å². The van der Waals surface area contributed by atoms with Crippen LogP contribution in [0.3, 0.4) is 0 Å². The highest BCUT2D eigenvalue weighted by Crippen LogP contribution is 2.15. The minimum Gasteiger partial charge on any atom is -0.391 e. The third kappa shape index (κ3) is 2.33. The smallest absolute Gasteiger partial charge is 0.225 e. The number of β-amino-alcohol motifs (C(OH)–C–C–N with tert-alkyl or cyclic N) is 1. The zero-order chi connectivity index (χ0) is 10.8. The number of hydrogen-bond acceptors (Lipinski definition) is 2. The van der Waals surface area contributed by atoms with Gasteiger partial charge in [-0.25, -0.2) is 4.39 Å². The molecule has 0 radical (unpaired) electrons. The van der Waals surface area contributed by atoms with Crippen molar-refractivity contribution >= 4 is 5.91 Å². The molecule has 1 saturated heterocycles. The Morgan fingerprint density at radius 2 is 2.33 bits per heavy atom. The molecule has 15 heavy (non-hydrogen) atoms. The van der Waals surface area contributed by atoms with Gasteiger partial charge in [0, 0.05) is 13.1 Å². The van der Waals surface area contributed by atoms with Gasteiger partial charge in [0.05, 0.1) is 12.5 Å². The van der Waals surface area contributed by atoms with E-state index in [9.17, 15) is 14.3 Å². The minimum absolute atomic E-state index is 0.0771. The van der Waals surface area contributed by atoms with E-state index >= 15 is 0 Å². The lowest BCUT2D eigenvalue weighted by atomic mass is 10.2. The summed E-state index contributed by atoms with van der Waals surface area (Å²) in [6.07, 6.45) is -0.402. The summed E-state index contributed by atoms with van der Waals surface area (Å²) >= 11 is 0. The van der Waals surface area contributed by atoms with Crippen LogP contribution < -0.4 is 0 Å². The number of amides is 1. The van der Waals surface area contributed by atoms with Gasteiger partial charge < -0.3 is 10.0 Å². The Bertz CT molecular complexity index is 381. The van der Waals surface area contributed by atoms with Gasteiger partial charge in [0.2, 0.25) is 5.91 Å². The first-order valence-electron chi connectivity index (χ1n) is 4.85. The largest absolute Gasteiger partial charge is 0.391 e. The van der Waals surface area contributed by atoms with Gasteiger partial charge in [-0.3, -0.25) is 4.79 Å². The predicted octanol–water partition coefficient (Wildman–Crippen LogP) is 0.919. The Labute approximate surface area is 87.1 Å². The van der Waals surface area contributed by atoms with Gasteiger partial charge in [-0.2, -0.15) is 0 Å². The number of hydrogen-bond donors (Lipinski definition) is 1. The van der Waals surface area contributed by atoms with E-state index in [-0.39, 0.29) is 18.1 Å². The van der Waals surface area contributed by atoms with Gasteiger partial charge in [0.15, 0.2) is 0 Å². The molecule has 1 aliphatic heterocycles. The van der Waals surface area contributed by atoms with Gasteiger partial charge >= 0.3 is 0 Å². The van der Waals surface area contributed by atoms with Crippen LogP contribution in [0.1, 0.15) is 12.0 Å². The highest BCUT2D eigenvalue weighted by atomic mass is 19.1. The molecule has 80 valence electrons. The van der Waals surface area contributed by atoms with Crippen molar-refractivity contribution in [3.63, 3.8) is 0 Å². The summed E-state index contributed by atoms with van der Waals surface area (Å²) in [5.74, 6) is -0.383. The molecule has 1 aromatic carbocycles. The van der Waals surface area contributed by atoms with Crippen LogP contribution in [0, 0.1) is 5.82 Å². The first kappa shape index (κ1) is 10.1. The summed E-state index contributed by atoms with van der Waals surface area (Å²) in [5, 5.41) is 9.27. The monoisotopic (exact) mass is 209 g/mol. The number of benzene rings is 1. The molecule has 1 amide bonds. The maximum Gasteiger partial charge on any atom is 0.225 e. The van der Waals surface area contributed by atoms with E-state index in [1.54, 1.807) is 17.0 Å². The highest BCUT2D eigenvalue weighted by molar-refractivity contribution is 5.78. The average molecular weight is 209 g/mol. The third-order valence-electron chi connectivity index (χ3n) is 2.46. The van der Waals surface area contributed by atoms with E-state index in [1.807, 2.05) is 0 Å². The first-order chi connectivity index (χ1) is 7.15. The topological polar surface area (TPSA) is 40.5 Å². The Balaban J connectivity index is 2.06. The Morgan fingerprint density at radius 3 is 2.93 bits per heavy atom. The zero-order valence-corrected chi connectivity index (χ0v) is 8.19. The number of aliphatic hydroxyl groups excluding tert-OH is 1. The van der Waals surface area contributed by atoms with Gasteiger partial charge in [0.1, 0.15) is 5.82 Å². The molecule has 0 aliphatic carbocycles. The molecule has 0 saturated carbocycles. The molecule has 4 heteroatoms. The van der Waals surface area contributed by atoms with Crippen LogP contribution in [-0.2, 0) is 11.3 Å². The molecule has 1 N–H and O–H groups in total. The number of likely N-dealkylation sites (tertiary alicyclic amines) is 1. The molecule has 1 unspecified atom stereocenters. The van der Waals surface area contributed by atoms with Crippen LogP contribution in [0.25, 0.3) is 0 Å². The second-order valence-electron chi connectivity index (χ2n) is 3.76. The molecule has 1 heterocycles. The fraction of sp³-hybridized carbons (Fsp3) is 0.364. The predicted molar refractivity (Wildman–Crippen MR) is 52.4 cm³/mol. The fourth-order valence-corrected chi connectivity index (χ4v) is 1.76. The molecule has 0 bridgehead atoms. The first-order valence-corrected chi connectivity index (χ1v) is 4.85. The van der Waals surface area contributed by atoms with Crippen LogP contribution in [0.15, 0.2) is 24.3 Å². The molecule has 1 fully saturated rings. The van der Waals surface area contributed by atoms with E-state index in [0.29, 0.717) is 13.1 Å². The van der Waals surface area contributed by atoms with E-state index < -0.39 is 6.10 Å². The summed E-state index contributed by atoms with van der Waals surface area (Å²) in [5.41, 5.74) is 0.748. The SMILES string of the molecule is O=C1CC(O)CN1Cc1cccc(F)c1. The van der Waals surface area contributed by atoms with Crippen LogP contribution in [0.2, 0.25) is 0 Å². The van der Waals surface area contributed by atoms with Crippen molar-refractivity contribution in [3.8, 4) is 0 Å². The lowest BCUT2D eigenvalue weighted by molar-refractivity contribution is -0.128. The molecular weight excluding hydrogens is 197 g/mol. The molecule has 2 rings (SSSR count). The summed E-state index contributed by atoms with van der Waals surface area (Å²) in [6, 6.07) is 6.14. The fourth-order valence-electron chi connectivity index (χ4n) is 1.76. The number of nitrogens with zero attached hydrogens (tertiary/aromatic N) is 1. The van der Waals surface area contributed by atoms with Gasteiger partial charge in [-0.05, 0) is 17.7 Å². The third-order valence-corrected chi connectivity index (χ3v) is 2.46. The lowest BCUT2D eigenvalue weighted by Gasteiger charge is -2.15. The van der Waals surface area contributed by atoms with Crippen molar-refractivity contribution < 1.29 is 14.3 Å². The quantitative estimate of drug-likeness (QED) is 0.786. The molecular formula is C11H12FNO2. The highest BCUT2D eigenvalue weighted by Gasteiger charge is 2.27. The number of carbonyl (C=O) groups is 1. The van der Waals surface area contributed by atoms with E-state index in [1.165, 1.54) is 12.1 Å². The van der Waals surface area contributed by atoms with Gasteiger partial charge in [0.25, 0.3) is 0 Å². The molecule has 1 aliphatic rings. The van der Waals surface area contributed by atoms with Gasteiger partial charge in [-0.1, -0.05) is 12.1 Å². The molecule has 0 spiro atoms.